The molecule has 0 aliphatic carbocycles. The molecular formula is C28H33N3O4. The summed E-state index contributed by atoms with van der Waals surface area (Å²) in [6.45, 7) is 9.14. The molecule has 1 fully saturated rings. The van der Waals surface area contributed by atoms with Crippen molar-refractivity contribution >= 4 is 5.82 Å². The molecular weight excluding hydrogens is 442 g/mol. The average Bonchev–Trinajstić information content (AvgIpc) is 3.25. The molecule has 7 nitrogen and oxygen atoms in total. The Morgan fingerprint density at radius 3 is 2.49 bits per heavy atom. The van der Waals surface area contributed by atoms with Crippen molar-refractivity contribution in [1.82, 2.24) is 10.3 Å². The van der Waals surface area contributed by atoms with Crippen molar-refractivity contribution in [2.75, 3.05) is 19.2 Å². The predicted molar refractivity (Wildman–Crippen MR) is 137 cm³/mol. The highest BCUT2D eigenvalue weighted by Crippen LogP contribution is 2.43. The SMILES string of the molecule is COc1ccc(-c2cc(-c3cccc4c3OCO4)cc(NC3CC(C)(C)NC(C)(C)C3)n2)c(O)c1. The second-order valence-corrected chi connectivity index (χ2v) is 10.7. The summed E-state index contributed by atoms with van der Waals surface area (Å²) in [4.78, 5) is 4.92. The van der Waals surface area contributed by atoms with Crippen LogP contribution in [0.1, 0.15) is 40.5 Å². The molecule has 184 valence electrons. The van der Waals surface area contributed by atoms with Crippen LogP contribution in [0.2, 0.25) is 0 Å². The van der Waals surface area contributed by atoms with E-state index in [1.54, 1.807) is 13.2 Å². The van der Waals surface area contributed by atoms with Crippen LogP contribution >= 0.6 is 0 Å². The summed E-state index contributed by atoms with van der Waals surface area (Å²) in [5, 5.41) is 18.2. The number of methoxy groups -OCH3 is 1. The second kappa shape index (κ2) is 8.64. The zero-order chi connectivity index (χ0) is 24.8. The lowest BCUT2D eigenvalue weighted by atomic mass is 9.79. The topological polar surface area (TPSA) is 84.9 Å². The molecule has 0 amide bonds. The first kappa shape index (κ1) is 23.3. The van der Waals surface area contributed by atoms with Gasteiger partial charge in [0.05, 0.1) is 12.8 Å². The second-order valence-electron chi connectivity index (χ2n) is 10.7. The van der Waals surface area contributed by atoms with E-state index in [0.29, 0.717) is 17.0 Å². The number of aromatic nitrogens is 1. The molecule has 0 atom stereocenters. The Labute approximate surface area is 206 Å². The van der Waals surface area contributed by atoms with E-state index in [-0.39, 0.29) is 29.7 Å². The average molecular weight is 476 g/mol. The molecule has 2 aliphatic heterocycles. The van der Waals surface area contributed by atoms with Crippen LogP contribution in [0.15, 0.2) is 48.5 Å². The Morgan fingerprint density at radius 1 is 1.00 bits per heavy atom. The zero-order valence-electron chi connectivity index (χ0n) is 20.9. The van der Waals surface area contributed by atoms with Gasteiger partial charge in [-0.25, -0.2) is 4.98 Å². The molecule has 5 rings (SSSR count). The van der Waals surface area contributed by atoms with Crippen molar-refractivity contribution in [3.05, 3.63) is 48.5 Å². The zero-order valence-corrected chi connectivity index (χ0v) is 20.9. The van der Waals surface area contributed by atoms with E-state index in [1.165, 1.54) is 0 Å². The van der Waals surface area contributed by atoms with Crippen molar-refractivity contribution in [2.24, 2.45) is 0 Å². The molecule has 3 N–H and O–H groups in total. The van der Waals surface area contributed by atoms with E-state index >= 15 is 0 Å². The van der Waals surface area contributed by atoms with Crippen LogP contribution in [0.5, 0.6) is 23.0 Å². The van der Waals surface area contributed by atoms with Gasteiger partial charge in [-0.05, 0) is 76.4 Å². The fourth-order valence-electron chi connectivity index (χ4n) is 5.54. The van der Waals surface area contributed by atoms with E-state index in [4.69, 9.17) is 19.2 Å². The van der Waals surface area contributed by atoms with Gasteiger partial charge in [-0.3, -0.25) is 0 Å². The standard InChI is InChI=1S/C28H33N3O4/c1-27(2)14-18(15-28(3,4)31-27)29-25-12-17(20-7-6-8-24-26(20)35-16-34-24)11-22(30-25)21-10-9-19(33-5)13-23(21)32/h6-13,18,31-32H,14-16H2,1-5H3,(H,29,30). The number of nitrogens with one attached hydrogen (secondary N) is 2. The Balaban J connectivity index is 1.59. The molecule has 2 aromatic carbocycles. The smallest absolute Gasteiger partial charge is 0.231 e. The van der Waals surface area contributed by atoms with E-state index in [2.05, 4.69) is 38.3 Å². The van der Waals surface area contributed by atoms with Gasteiger partial charge < -0.3 is 30.0 Å². The van der Waals surface area contributed by atoms with Gasteiger partial charge in [-0.1, -0.05) is 12.1 Å². The number of pyridine rings is 1. The largest absolute Gasteiger partial charge is 0.507 e. The fraction of sp³-hybridized carbons (Fsp3) is 0.393. The number of piperidine rings is 1. The first-order chi connectivity index (χ1) is 16.6. The third kappa shape index (κ3) is 4.86. The summed E-state index contributed by atoms with van der Waals surface area (Å²) in [6, 6.07) is 15.4. The maximum atomic E-state index is 10.7. The lowest BCUT2D eigenvalue weighted by Gasteiger charge is -2.46. The molecule has 0 saturated carbocycles. The lowest BCUT2D eigenvalue weighted by molar-refractivity contribution is 0.170. The highest BCUT2D eigenvalue weighted by atomic mass is 16.7. The number of anilines is 1. The van der Waals surface area contributed by atoms with E-state index in [1.807, 2.05) is 42.5 Å². The molecule has 1 aromatic heterocycles. The monoisotopic (exact) mass is 475 g/mol. The molecule has 0 bridgehead atoms. The van der Waals surface area contributed by atoms with Crippen molar-refractivity contribution in [3.63, 3.8) is 0 Å². The number of aromatic hydroxyl groups is 1. The van der Waals surface area contributed by atoms with Crippen LogP contribution in [0, 0.1) is 0 Å². The number of phenols is 1. The molecule has 0 unspecified atom stereocenters. The summed E-state index contributed by atoms with van der Waals surface area (Å²) in [5.74, 6) is 2.90. The van der Waals surface area contributed by atoms with Gasteiger partial charge in [0.2, 0.25) is 6.79 Å². The number of nitrogens with zero attached hydrogens (tertiary/aromatic N) is 1. The van der Waals surface area contributed by atoms with Gasteiger partial charge in [-0.15, -0.1) is 0 Å². The number of rotatable bonds is 5. The normalized spacial score (nSPS) is 18.3. The Bertz CT molecular complexity index is 1240. The van der Waals surface area contributed by atoms with Crippen LogP contribution in [0.4, 0.5) is 5.82 Å². The molecule has 3 heterocycles. The highest BCUT2D eigenvalue weighted by molar-refractivity contribution is 5.81. The minimum atomic E-state index is -0.000456. The minimum absolute atomic E-state index is 0.000456. The van der Waals surface area contributed by atoms with Crippen LogP contribution in [-0.2, 0) is 0 Å². The van der Waals surface area contributed by atoms with Gasteiger partial charge in [0.1, 0.15) is 17.3 Å². The fourth-order valence-corrected chi connectivity index (χ4v) is 5.54. The van der Waals surface area contributed by atoms with Crippen molar-refractivity contribution in [3.8, 4) is 45.4 Å². The Kier molecular flexibility index (Phi) is 5.75. The molecule has 35 heavy (non-hydrogen) atoms. The molecule has 3 aromatic rings. The van der Waals surface area contributed by atoms with Gasteiger partial charge in [-0.2, -0.15) is 0 Å². The van der Waals surface area contributed by atoms with E-state index < -0.39 is 0 Å². The summed E-state index contributed by atoms with van der Waals surface area (Å²) in [6.07, 6.45) is 1.92. The van der Waals surface area contributed by atoms with Gasteiger partial charge in [0.15, 0.2) is 11.5 Å². The summed E-state index contributed by atoms with van der Waals surface area (Å²) in [5.41, 5.74) is 3.15. The van der Waals surface area contributed by atoms with Gasteiger partial charge >= 0.3 is 0 Å². The first-order valence-electron chi connectivity index (χ1n) is 12.0. The van der Waals surface area contributed by atoms with Crippen LogP contribution in [0.25, 0.3) is 22.4 Å². The van der Waals surface area contributed by atoms with Crippen LogP contribution in [-0.4, -0.2) is 41.1 Å². The third-order valence-electron chi connectivity index (χ3n) is 6.56. The molecule has 2 aliphatic rings. The quantitative estimate of drug-likeness (QED) is 0.444. The number of phenolic OH excluding ortho intramolecular Hbond substituents is 1. The number of ether oxygens (including phenoxy) is 3. The lowest BCUT2D eigenvalue weighted by Crippen LogP contribution is -2.60. The summed E-state index contributed by atoms with van der Waals surface area (Å²) >= 11 is 0. The van der Waals surface area contributed by atoms with E-state index in [9.17, 15) is 5.11 Å². The predicted octanol–water partition coefficient (Wildman–Crippen LogP) is 5.58. The number of hydrogen-bond donors (Lipinski definition) is 3. The van der Waals surface area contributed by atoms with Crippen molar-refractivity contribution < 1.29 is 19.3 Å². The number of fused-ring (bicyclic) bond motifs is 1. The Hall–Kier alpha value is -3.45. The maximum Gasteiger partial charge on any atom is 0.231 e. The summed E-state index contributed by atoms with van der Waals surface area (Å²) < 4.78 is 16.7. The van der Waals surface area contributed by atoms with Crippen LogP contribution < -0.4 is 24.8 Å². The highest BCUT2D eigenvalue weighted by Gasteiger charge is 2.37. The van der Waals surface area contributed by atoms with Crippen molar-refractivity contribution in [2.45, 2.75) is 57.7 Å². The molecule has 7 heteroatoms. The molecule has 0 radical (unpaired) electrons. The number of para-hydroxylation sites is 1. The Morgan fingerprint density at radius 2 is 1.77 bits per heavy atom. The molecule has 1 saturated heterocycles. The van der Waals surface area contributed by atoms with Gasteiger partial charge in [0.25, 0.3) is 0 Å². The molecule has 0 spiro atoms. The summed E-state index contributed by atoms with van der Waals surface area (Å²) in [7, 11) is 1.58. The maximum absolute atomic E-state index is 10.7. The van der Waals surface area contributed by atoms with Gasteiger partial charge in [0, 0.05) is 34.3 Å². The first-order valence-corrected chi connectivity index (χ1v) is 12.0. The minimum Gasteiger partial charge on any atom is -0.507 e. The number of benzene rings is 2. The van der Waals surface area contributed by atoms with Crippen LogP contribution in [0.3, 0.4) is 0 Å². The third-order valence-corrected chi connectivity index (χ3v) is 6.56. The van der Waals surface area contributed by atoms with E-state index in [0.717, 1.165) is 41.3 Å². The number of hydrogen-bond acceptors (Lipinski definition) is 7. The van der Waals surface area contributed by atoms with Crippen molar-refractivity contribution in [1.29, 1.82) is 0 Å².